The molecule has 13 heteroatoms. The number of likely N-dealkylation sites (tertiary alicyclic amines) is 1. The third-order valence-electron chi connectivity index (χ3n) is 7.58. The molecule has 0 bridgehead atoms. The summed E-state index contributed by atoms with van der Waals surface area (Å²) in [7, 11) is 0. The first kappa shape index (κ1) is 27.1. The van der Waals surface area contributed by atoms with Crippen LogP contribution in [-0.4, -0.2) is 62.9 Å². The highest BCUT2D eigenvalue weighted by atomic mass is 35.5. The first-order valence-electron chi connectivity index (χ1n) is 13.1. The number of benzene rings is 3. The van der Waals surface area contributed by atoms with Gasteiger partial charge in [0.05, 0.1) is 17.7 Å². The molecular weight excluding hydrogens is 564 g/mol. The maximum absolute atomic E-state index is 14.0. The third kappa shape index (κ3) is 4.85. The van der Waals surface area contributed by atoms with Crippen LogP contribution >= 0.6 is 11.6 Å². The molecule has 5 N–H and O–H groups in total. The Kier molecular flexibility index (Phi) is 6.70. The zero-order chi connectivity index (χ0) is 29.6. The van der Waals surface area contributed by atoms with E-state index in [-0.39, 0.29) is 42.3 Å². The lowest BCUT2D eigenvalue weighted by Crippen LogP contribution is -2.50. The summed E-state index contributed by atoms with van der Waals surface area (Å²) in [5.74, 6) is -0.925. The Bertz CT molecular complexity index is 1760. The van der Waals surface area contributed by atoms with Gasteiger partial charge in [0, 0.05) is 40.9 Å². The van der Waals surface area contributed by atoms with Gasteiger partial charge >= 0.3 is 12.2 Å². The van der Waals surface area contributed by atoms with Crippen LogP contribution < -0.4 is 16.4 Å². The van der Waals surface area contributed by atoms with E-state index in [1.165, 1.54) is 18.2 Å². The number of nitrogens with two attached hydrogens (primary N) is 1. The predicted octanol–water partition coefficient (Wildman–Crippen LogP) is 3.83. The lowest BCUT2D eigenvalue weighted by Gasteiger charge is -2.35. The van der Waals surface area contributed by atoms with Gasteiger partial charge in [0.15, 0.2) is 11.4 Å². The Labute approximate surface area is 244 Å². The van der Waals surface area contributed by atoms with E-state index in [1.807, 2.05) is 30.3 Å². The third-order valence-corrected chi connectivity index (χ3v) is 7.81. The van der Waals surface area contributed by atoms with E-state index in [0.29, 0.717) is 32.8 Å². The highest BCUT2D eigenvalue weighted by molar-refractivity contribution is 6.30. The molecule has 12 nitrogen and oxygen atoms in total. The molecule has 214 valence electrons. The average Bonchev–Trinajstić information content (AvgIpc) is 3.54. The summed E-state index contributed by atoms with van der Waals surface area (Å²) in [5.41, 5.74) is 7.09. The lowest BCUT2D eigenvalue weighted by atomic mass is 9.90. The number of hydrogen-bond acceptors (Lipinski definition) is 7. The van der Waals surface area contributed by atoms with Crippen molar-refractivity contribution in [2.24, 2.45) is 0 Å². The highest BCUT2D eigenvalue weighted by Gasteiger charge is 2.49. The second kappa shape index (κ2) is 10.4. The number of rotatable bonds is 5. The van der Waals surface area contributed by atoms with E-state index in [1.54, 1.807) is 23.1 Å². The van der Waals surface area contributed by atoms with Gasteiger partial charge in [-0.05, 0) is 42.0 Å². The molecule has 4 aromatic rings. The molecule has 42 heavy (non-hydrogen) atoms. The van der Waals surface area contributed by atoms with Crippen molar-refractivity contribution in [2.45, 2.75) is 24.5 Å². The number of carbonyl (C=O) groups is 4. The molecule has 3 amide bonds. The van der Waals surface area contributed by atoms with Crippen LogP contribution in [0.5, 0.6) is 0 Å². The van der Waals surface area contributed by atoms with Crippen molar-refractivity contribution < 1.29 is 29.0 Å². The molecule has 2 atom stereocenters. The predicted molar refractivity (Wildman–Crippen MR) is 153 cm³/mol. The average molecular weight is 589 g/mol. The molecule has 1 unspecified atom stereocenters. The van der Waals surface area contributed by atoms with Crippen molar-refractivity contribution in [3.63, 3.8) is 0 Å². The molecule has 2 aliphatic rings. The first-order chi connectivity index (χ1) is 20.1. The van der Waals surface area contributed by atoms with Crippen molar-refractivity contribution in [2.75, 3.05) is 24.1 Å². The van der Waals surface area contributed by atoms with E-state index < -0.39 is 29.7 Å². The van der Waals surface area contributed by atoms with E-state index in [4.69, 9.17) is 22.1 Å². The van der Waals surface area contributed by atoms with Gasteiger partial charge in [0.2, 0.25) is 5.91 Å². The van der Waals surface area contributed by atoms with Gasteiger partial charge < -0.3 is 25.8 Å². The minimum atomic E-state index is -1.35. The summed E-state index contributed by atoms with van der Waals surface area (Å²) in [6.45, 7) is 0.360. The van der Waals surface area contributed by atoms with Crippen LogP contribution in [0.25, 0.3) is 10.9 Å². The highest BCUT2D eigenvalue weighted by Crippen LogP contribution is 2.44. The topological polar surface area (TPSA) is 169 Å². The fourth-order valence-corrected chi connectivity index (χ4v) is 5.75. The van der Waals surface area contributed by atoms with Crippen LogP contribution in [0.15, 0.2) is 66.7 Å². The molecule has 1 spiro atoms. The number of amides is 3. The summed E-state index contributed by atoms with van der Waals surface area (Å²) in [5, 5.41) is 19.6. The Hall–Kier alpha value is -5.10. The van der Waals surface area contributed by atoms with Crippen molar-refractivity contribution in [1.29, 1.82) is 0 Å². The van der Waals surface area contributed by atoms with Crippen molar-refractivity contribution in [3.8, 4) is 0 Å². The Morgan fingerprint density at radius 1 is 1.14 bits per heavy atom. The van der Waals surface area contributed by atoms with Gasteiger partial charge in [-0.1, -0.05) is 41.9 Å². The van der Waals surface area contributed by atoms with E-state index in [9.17, 15) is 24.3 Å². The van der Waals surface area contributed by atoms with Gasteiger partial charge in [-0.15, -0.1) is 5.10 Å². The largest absolute Gasteiger partial charge is 0.463 e. The summed E-state index contributed by atoms with van der Waals surface area (Å²) >= 11 is 6.25. The van der Waals surface area contributed by atoms with E-state index >= 15 is 0 Å². The molecule has 3 aromatic carbocycles. The van der Waals surface area contributed by atoms with Crippen molar-refractivity contribution in [3.05, 3.63) is 88.4 Å². The normalized spacial score (nSPS) is 18.3. The van der Waals surface area contributed by atoms with Crippen LogP contribution in [0, 0.1) is 0 Å². The Morgan fingerprint density at radius 3 is 2.69 bits per heavy atom. The summed E-state index contributed by atoms with van der Waals surface area (Å²) in [6, 6.07) is 17.7. The number of ether oxygens (including phenoxy) is 1. The van der Waals surface area contributed by atoms with E-state index in [2.05, 4.69) is 15.7 Å². The van der Waals surface area contributed by atoms with E-state index in [0.717, 1.165) is 5.56 Å². The number of nitrogen functional groups attached to an aromatic ring is 1. The first-order valence-corrected chi connectivity index (χ1v) is 13.5. The fraction of sp³-hybridized carbons (Fsp3) is 0.207. The molecule has 1 aromatic heterocycles. The molecule has 3 heterocycles. The monoisotopic (exact) mass is 588 g/mol. The van der Waals surface area contributed by atoms with Crippen molar-refractivity contribution >= 4 is 58.0 Å². The molecule has 0 radical (unpaired) electrons. The molecule has 6 rings (SSSR count). The molecule has 0 saturated carbocycles. The van der Waals surface area contributed by atoms with Crippen LogP contribution in [0.1, 0.15) is 27.9 Å². The minimum absolute atomic E-state index is 0.0147. The summed E-state index contributed by atoms with van der Waals surface area (Å²) in [4.78, 5) is 53.0. The fourth-order valence-electron chi connectivity index (χ4n) is 5.58. The zero-order valence-electron chi connectivity index (χ0n) is 22.0. The summed E-state index contributed by atoms with van der Waals surface area (Å²) < 4.78 is 6.46. The van der Waals surface area contributed by atoms with Gasteiger partial charge in [-0.2, -0.15) is 4.68 Å². The number of carboxylic acid groups (broad SMARTS) is 1. The van der Waals surface area contributed by atoms with Gasteiger partial charge in [0.1, 0.15) is 6.04 Å². The second-order valence-corrected chi connectivity index (χ2v) is 10.7. The van der Waals surface area contributed by atoms with Crippen LogP contribution in [0.3, 0.4) is 0 Å². The number of nitrogens with zero attached hydrogens (tertiary/aromatic N) is 3. The van der Waals surface area contributed by atoms with Gasteiger partial charge in [-0.3, -0.25) is 14.9 Å². The number of aromatic nitrogens is 2. The number of anilines is 2. The standard InChI is InChI=1S/C29H25ClN6O6/c30-18-7-9-21-20(14-18)29(42-27(39)33-21)10-11-35(15-29)26(38)22(12-16-4-2-1-3-5-16)32-25(37)17-6-8-19-23(13-17)36(28(40)41)34-24(19)31/h1-9,13-14,22H,10-12,15H2,(H2,31,34)(H,32,37)(H,33,39)(H,40,41)/t22?,29-/m0/s1. The molecule has 2 aliphatic heterocycles. The number of carbonyl (C=O) groups excluding carboxylic acids is 3. The molecule has 0 aliphatic carbocycles. The van der Waals surface area contributed by atoms with Crippen LogP contribution in [-0.2, 0) is 21.6 Å². The Balaban J connectivity index is 1.29. The number of halogens is 1. The van der Waals surface area contributed by atoms with Gasteiger partial charge in [0.25, 0.3) is 5.91 Å². The number of hydrogen-bond donors (Lipinski definition) is 4. The van der Waals surface area contributed by atoms with Gasteiger partial charge in [-0.25, -0.2) is 9.59 Å². The minimum Gasteiger partial charge on any atom is -0.463 e. The molecule has 1 saturated heterocycles. The van der Waals surface area contributed by atoms with Crippen LogP contribution in [0.4, 0.5) is 21.1 Å². The zero-order valence-corrected chi connectivity index (χ0v) is 22.8. The van der Waals surface area contributed by atoms with Crippen LogP contribution in [0.2, 0.25) is 5.02 Å². The number of fused-ring (bicyclic) bond motifs is 3. The smallest absolute Gasteiger partial charge is 0.432 e. The summed E-state index contributed by atoms with van der Waals surface area (Å²) in [6.07, 6.45) is -1.43. The molecular formula is C29H25ClN6O6. The Morgan fingerprint density at radius 2 is 1.93 bits per heavy atom. The maximum Gasteiger partial charge on any atom is 0.432 e. The molecule has 1 fully saturated rings. The lowest BCUT2D eigenvalue weighted by molar-refractivity contribution is -0.133. The SMILES string of the molecule is Nc1nn(C(=O)O)c2cc(C(=O)NC(Cc3ccccc3)C(=O)N3CC[C@@]4(C3)OC(=O)Nc3ccc(Cl)cc34)ccc12. The maximum atomic E-state index is 14.0. The van der Waals surface area contributed by atoms with Crippen molar-refractivity contribution in [1.82, 2.24) is 20.0 Å². The quantitative estimate of drug-likeness (QED) is 0.273. The number of nitrogens with one attached hydrogen (secondary N) is 2. The second-order valence-electron chi connectivity index (χ2n) is 10.2.